The summed E-state index contributed by atoms with van der Waals surface area (Å²) in [6, 6.07) is 2.41. The lowest BCUT2D eigenvalue weighted by Crippen LogP contribution is -2.17. The molecule has 1 aromatic rings. The topological polar surface area (TPSA) is 63.7 Å². The van der Waals surface area contributed by atoms with E-state index in [0.29, 0.717) is 18.9 Å². The first-order chi connectivity index (χ1) is 8.11. The molecule has 94 valence electrons. The molecule has 0 radical (unpaired) electrons. The van der Waals surface area contributed by atoms with Gasteiger partial charge >= 0.3 is 0 Å². The number of ether oxygens (including phenoxy) is 1. The fourth-order valence-electron chi connectivity index (χ4n) is 1.63. The first-order valence-electron chi connectivity index (χ1n) is 5.90. The maximum Gasteiger partial charge on any atom is 0.100 e. The van der Waals surface area contributed by atoms with E-state index < -0.39 is 0 Å². The maximum atomic E-state index is 8.77. The molecule has 0 aliphatic carbocycles. The lowest BCUT2D eigenvalue weighted by atomic mass is 10.1. The number of rotatable bonds is 6. The molecule has 1 unspecified atom stereocenters. The highest BCUT2D eigenvalue weighted by Gasteiger charge is 2.18. The Morgan fingerprint density at radius 3 is 2.65 bits per heavy atom. The van der Waals surface area contributed by atoms with E-state index >= 15 is 0 Å². The van der Waals surface area contributed by atoms with Gasteiger partial charge in [-0.1, -0.05) is 19.1 Å². The van der Waals surface area contributed by atoms with E-state index in [1.54, 1.807) is 7.11 Å². The van der Waals surface area contributed by atoms with Crippen molar-refractivity contribution in [2.75, 3.05) is 13.7 Å². The lowest BCUT2D eigenvalue weighted by molar-refractivity contribution is 0.198. The van der Waals surface area contributed by atoms with Crippen LogP contribution in [0.1, 0.15) is 38.2 Å². The van der Waals surface area contributed by atoms with Crippen LogP contribution in [0.25, 0.3) is 0 Å². The second-order valence-corrected chi connectivity index (χ2v) is 4.49. The van der Waals surface area contributed by atoms with Crippen LogP contribution in [0.2, 0.25) is 0 Å². The van der Waals surface area contributed by atoms with Crippen LogP contribution in [0.15, 0.2) is 0 Å². The van der Waals surface area contributed by atoms with E-state index in [2.05, 4.69) is 37.2 Å². The van der Waals surface area contributed by atoms with Crippen molar-refractivity contribution >= 4 is 0 Å². The molecule has 17 heavy (non-hydrogen) atoms. The van der Waals surface area contributed by atoms with Crippen LogP contribution in [0.5, 0.6) is 0 Å². The Hall–Kier alpha value is -1.41. The molecule has 0 spiro atoms. The van der Waals surface area contributed by atoms with E-state index in [9.17, 15) is 0 Å². The third-order valence-corrected chi connectivity index (χ3v) is 3.01. The third-order valence-electron chi connectivity index (χ3n) is 3.01. The quantitative estimate of drug-likeness (QED) is 0.754. The highest BCUT2D eigenvalue weighted by Crippen LogP contribution is 2.20. The molecule has 0 aliphatic rings. The molecule has 0 amide bonds. The van der Waals surface area contributed by atoms with E-state index in [4.69, 9.17) is 10.00 Å². The van der Waals surface area contributed by atoms with Crippen LogP contribution in [-0.4, -0.2) is 28.7 Å². The van der Waals surface area contributed by atoms with E-state index in [0.717, 1.165) is 17.8 Å². The van der Waals surface area contributed by atoms with Crippen LogP contribution >= 0.6 is 0 Å². The minimum Gasteiger partial charge on any atom is -0.384 e. The minimum atomic E-state index is 0.279. The number of hydrogen-bond acceptors (Lipinski definition) is 4. The van der Waals surface area contributed by atoms with E-state index in [1.165, 1.54) is 0 Å². The smallest absolute Gasteiger partial charge is 0.100 e. The van der Waals surface area contributed by atoms with Gasteiger partial charge in [0.25, 0.3) is 0 Å². The zero-order valence-electron chi connectivity index (χ0n) is 11.0. The molecule has 1 rings (SSSR count). The number of methoxy groups -OCH3 is 1. The summed E-state index contributed by atoms with van der Waals surface area (Å²) in [5.41, 5.74) is 1.80. The molecule has 0 saturated heterocycles. The van der Waals surface area contributed by atoms with Crippen molar-refractivity contribution in [2.24, 2.45) is 5.92 Å². The summed E-state index contributed by atoms with van der Waals surface area (Å²) >= 11 is 0. The predicted molar refractivity (Wildman–Crippen MR) is 64.5 cm³/mol. The van der Waals surface area contributed by atoms with Crippen LogP contribution in [-0.2, 0) is 17.6 Å². The standard InChI is InChI=1S/C12H20N4O/c1-9(2)10(3)16-12(6-8-17-4)11(5-7-13)14-15-16/h9-10H,5-6,8H2,1-4H3. The molecule has 1 heterocycles. The molecule has 1 atom stereocenters. The van der Waals surface area contributed by atoms with Crippen LogP contribution < -0.4 is 0 Å². The summed E-state index contributed by atoms with van der Waals surface area (Å²) in [5, 5.41) is 17.0. The minimum absolute atomic E-state index is 0.279. The van der Waals surface area contributed by atoms with E-state index in [-0.39, 0.29) is 6.04 Å². The Morgan fingerprint density at radius 2 is 2.12 bits per heavy atom. The number of hydrogen-bond donors (Lipinski definition) is 0. The van der Waals surface area contributed by atoms with Gasteiger partial charge in [-0.3, -0.25) is 0 Å². The zero-order valence-corrected chi connectivity index (χ0v) is 11.0. The Labute approximate surface area is 102 Å². The van der Waals surface area contributed by atoms with Gasteiger partial charge in [0, 0.05) is 13.5 Å². The molecule has 1 aromatic heterocycles. The second-order valence-electron chi connectivity index (χ2n) is 4.49. The molecular formula is C12H20N4O. The Morgan fingerprint density at radius 1 is 1.41 bits per heavy atom. The predicted octanol–water partition coefficient (Wildman–Crippen LogP) is 1.75. The first kappa shape index (κ1) is 13.7. The van der Waals surface area contributed by atoms with Gasteiger partial charge < -0.3 is 4.74 Å². The van der Waals surface area contributed by atoms with Crippen molar-refractivity contribution in [1.82, 2.24) is 15.0 Å². The van der Waals surface area contributed by atoms with Crippen LogP contribution in [0.4, 0.5) is 0 Å². The molecule has 0 saturated carbocycles. The van der Waals surface area contributed by atoms with Crippen molar-refractivity contribution in [2.45, 2.75) is 39.7 Å². The maximum absolute atomic E-state index is 8.77. The monoisotopic (exact) mass is 236 g/mol. The zero-order chi connectivity index (χ0) is 12.8. The van der Waals surface area contributed by atoms with Crippen LogP contribution in [0, 0.1) is 17.2 Å². The summed E-state index contributed by atoms with van der Waals surface area (Å²) in [6.07, 6.45) is 1.06. The van der Waals surface area contributed by atoms with Crippen LogP contribution in [0.3, 0.4) is 0 Å². The lowest BCUT2D eigenvalue weighted by Gasteiger charge is -2.18. The average molecular weight is 236 g/mol. The number of aromatic nitrogens is 3. The third kappa shape index (κ3) is 3.27. The van der Waals surface area contributed by atoms with E-state index in [1.807, 2.05) is 4.68 Å². The Bertz CT molecular complexity index is 392. The van der Waals surface area contributed by atoms with Crippen molar-refractivity contribution in [3.05, 3.63) is 11.4 Å². The first-order valence-corrected chi connectivity index (χ1v) is 5.90. The van der Waals surface area contributed by atoms with Gasteiger partial charge in [0.05, 0.1) is 30.8 Å². The van der Waals surface area contributed by atoms with Gasteiger partial charge in [0.15, 0.2) is 0 Å². The van der Waals surface area contributed by atoms with Gasteiger partial charge in [0.1, 0.15) is 5.69 Å². The normalized spacial score (nSPS) is 12.7. The van der Waals surface area contributed by atoms with Crippen molar-refractivity contribution in [3.8, 4) is 6.07 Å². The SMILES string of the molecule is COCCc1c(CC#N)nnn1C(C)C(C)C. The number of nitriles is 1. The highest BCUT2D eigenvalue weighted by molar-refractivity contribution is 5.15. The molecule has 0 aromatic carbocycles. The second kappa shape index (κ2) is 6.36. The van der Waals surface area contributed by atoms with Gasteiger partial charge in [-0.2, -0.15) is 5.26 Å². The summed E-state index contributed by atoms with van der Waals surface area (Å²) < 4.78 is 7.02. The molecule has 0 N–H and O–H groups in total. The molecule has 5 nitrogen and oxygen atoms in total. The fourth-order valence-corrected chi connectivity index (χ4v) is 1.63. The summed E-state index contributed by atoms with van der Waals surface area (Å²) in [5.74, 6) is 0.480. The van der Waals surface area contributed by atoms with Gasteiger partial charge in [0.2, 0.25) is 0 Å². The Balaban J connectivity index is 3.00. The van der Waals surface area contributed by atoms with Gasteiger partial charge in [-0.05, 0) is 12.8 Å². The number of nitrogens with zero attached hydrogens (tertiary/aromatic N) is 4. The molecular weight excluding hydrogens is 216 g/mol. The summed E-state index contributed by atoms with van der Waals surface area (Å²) in [4.78, 5) is 0. The Kier molecular flexibility index (Phi) is 5.11. The van der Waals surface area contributed by atoms with Gasteiger partial charge in [-0.25, -0.2) is 4.68 Å². The van der Waals surface area contributed by atoms with Crippen molar-refractivity contribution in [1.29, 1.82) is 5.26 Å². The highest BCUT2D eigenvalue weighted by atomic mass is 16.5. The van der Waals surface area contributed by atoms with Gasteiger partial charge in [-0.15, -0.1) is 5.10 Å². The summed E-state index contributed by atoms with van der Waals surface area (Å²) in [6.45, 7) is 7.04. The largest absolute Gasteiger partial charge is 0.384 e. The van der Waals surface area contributed by atoms with Crippen molar-refractivity contribution < 1.29 is 4.74 Å². The average Bonchev–Trinajstić information content (AvgIpc) is 2.69. The van der Waals surface area contributed by atoms with Crippen molar-refractivity contribution in [3.63, 3.8) is 0 Å². The molecule has 0 aliphatic heterocycles. The fraction of sp³-hybridized carbons (Fsp3) is 0.750. The molecule has 5 heteroatoms. The molecule has 0 bridgehead atoms. The molecule has 0 fully saturated rings. The summed E-state index contributed by atoms with van der Waals surface area (Å²) in [7, 11) is 1.67.